The molecule has 3 rings (SSSR count). The molecular formula is C18H28N4O2S. The van der Waals surface area contributed by atoms with Crippen LogP contribution in [0.2, 0.25) is 0 Å². The fourth-order valence-electron chi connectivity index (χ4n) is 3.79. The molecule has 1 N–H and O–H groups in total. The van der Waals surface area contributed by atoms with E-state index in [-0.39, 0.29) is 11.2 Å². The maximum absolute atomic E-state index is 11.9. The van der Waals surface area contributed by atoms with Gasteiger partial charge >= 0.3 is 0 Å². The highest BCUT2D eigenvalue weighted by molar-refractivity contribution is 7.89. The van der Waals surface area contributed by atoms with Gasteiger partial charge in [0.15, 0.2) is 5.96 Å². The van der Waals surface area contributed by atoms with Crippen molar-refractivity contribution < 1.29 is 8.42 Å². The van der Waals surface area contributed by atoms with Crippen molar-refractivity contribution in [2.75, 3.05) is 45.5 Å². The van der Waals surface area contributed by atoms with Gasteiger partial charge in [0.05, 0.1) is 5.75 Å². The number of hydrogen-bond acceptors (Lipinski definition) is 3. The van der Waals surface area contributed by atoms with E-state index in [1.165, 1.54) is 5.56 Å². The van der Waals surface area contributed by atoms with Crippen molar-refractivity contribution in [2.45, 2.75) is 25.2 Å². The van der Waals surface area contributed by atoms with Crippen molar-refractivity contribution >= 4 is 16.0 Å². The van der Waals surface area contributed by atoms with Gasteiger partial charge in [-0.3, -0.25) is 4.99 Å². The summed E-state index contributed by atoms with van der Waals surface area (Å²) >= 11 is 0. The van der Waals surface area contributed by atoms with Crippen LogP contribution >= 0.6 is 0 Å². The number of aliphatic imine (C=N–C) groups is 1. The van der Waals surface area contributed by atoms with Gasteiger partial charge in [-0.25, -0.2) is 12.7 Å². The quantitative estimate of drug-likeness (QED) is 0.645. The van der Waals surface area contributed by atoms with Gasteiger partial charge in [-0.15, -0.1) is 0 Å². The van der Waals surface area contributed by atoms with Gasteiger partial charge in [0.25, 0.3) is 0 Å². The van der Waals surface area contributed by atoms with E-state index in [1.807, 2.05) is 6.07 Å². The van der Waals surface area contributed by atoms with E-state index in [4.69, 9.17) is 0 Å². The molecule has 0 amide bonds. The summed E-state index contributed by atoms with van der Waals surface area (Å²) in [6, 6.07) is 10.6. The highest BCUT2D eigenvalue weighted by Gasteiger charge is 2.36. The highest BCUT2D eigenvalue weighted by Crippen LogP contribution is 2.33. The fourth-order valence-corrected chi connectivity index (χ4v) is 5.31. The molecule has 7 heteroatoms. The van der Waals surface area contributed by atoms with E-state index >= 15 is 0 Å². The van der Waals surface area contributed by atoms with E-state index < -0.39 is 10.0 Å². The lowest BCUT2D eigenvalue weighted by molar-refractivity contribution is 0.422. The molecule has 0 aromatic heterocycles. The number of nitrogens with one attached hydrogen (secondary N) is 1. The molecule has 1 aromatic carbocycles. The van der Waals surface area contributed by atoms with Gasteiger partial charge in [-0.05, 0) is 18.4 Å². The molecule has 2 aliphatic heterocycles. The molecule has 2 fully saturated rings. The van der Waals surface area contributed by atoms with Crippen LogP contribution in [-0.4, -0.2) is 69.1 Å². The van der Waals surface area contributed by atoms with E-state index in [9.17, 15) is 8.42 Å². The van der Waals surface area contributed by atoms with Crippen molar-refractivity contribution in [2.24, 2.45) is 4.99 Å². The second-order valence-electron chi connectivity index (χ2n) is 7.14. The van der Waals surface area contributed by atoms with Gasteiger partial charge in [-0.1, -0.05) is 37.3 Å². The van der Waals surface area contributed by atoms with Crippen LogP contribution in [0.1, 0.15) is 25.3 Å². The Morgan fingerprint density at radius 2 is 2.04 bits per heavy atom. The first-order valence-electron chi connectivity index (χ1n) is 8.94. The van der Waals surface area contributed by atoms with E-state index in [1.54, 1.807) is 11.4 Å². The first kappa shape index (κ1) is 18.2. The lowest BCUT2D eigenvalue weighted by atomic mass is 9.82. The van der Waals surface area contributed by atoms with Gasteiger partial charge in [-0.2, -0.15) is 0 Å². The Morgan fingerprint density at radius 3 is 2.68 bits per heavy atom. The minimum absolute atomic E-state index is 0.122. The summed E-state index contributed by atoms with van der Waals surface area (Å²) in [4.78, 5) is 6.66. The molecule has 1 aromatic rings. The van der Waals surface area contributed by atoms with Crippen molar-refractivity contribution in [3.8, 4) is 0 Å². The van der Waals surface area contributed by atoms with Gasteiger partial charge in [0.1, 0.15) is 0 Å². The summed E-state index contributed by atoms with van der Waals surface area (Å²) in [6.07, 6.45) is 1.82. The molecule has 6 nitrogen and oxygen atoms in total. The van der Waals surface area contributed by atoms with E-state index in [0.717, 1.165) is 31.9 Å². The molecule has 1 atom stereocenters. The van der Waals surface area contributed by atoms with Crippen LogP contribution in [0.5, 0.6) is 0 Å². The molecule has 0 radical (unpaired) electrons. The minimum Gasteiger partial charge on any atom is -0.355 e. The molecule has 0 bridgehead atoms. The Hall–Kier alpha value is -1.60. The summed E-state index contributed by atoms with van der Waals surface area (Å²) in [5, 5.41) is 3.34. The molecule has 0 saturated carbocycles. The second-order valence-corrected chi connectivity index (χ2v) is 9.23. The Balaban J connectivity index is 1.56. The average molecular weight is 365 g/mol. The summed E-state index contributed by atoms with van der Waals surface area (Å²) in [6.45, 7) is 5.90. The van der Waals surface area contributed by atoms with Crippen molar-refractivity contribution in [3.63, 3.8) is 0 Å². The van der Waals surface area contributed by atoms with E-state index in [2.05, 4.69) is 46.4 Å². The first-order valence-corrected chi connectivity index (χ1v) is 10.5. The minimum atomic E-state index is -3.03. The van der Waals surface area contributed by atoms with Crippen molar-refractivity contribution in [1.29, 1.82) is 0 Å². The Morgan fingerprint density at radius 1 is 1.28 bits per heavy atom. The van der Waals surface area contributed by atoms with E-state index in [0.29, 0.717) is 19.6 Å². The number of likely N-dealkylation sites (tertiary alicyclic amines) is 1. The maximum Gasteiger partial charge on any atom is 0.214 e. The molecular weight excluding hydrogens is 336 g/mol. The first-order chi connectivity index (χ1) is 11.9. The Kier molecular flexibility index (Phi) is 5.34. The molecule has 138 valence electrons. The van der Waals surface area contributed by atoms with Gasteiger partial charge < -0.3 is 10.2 Å². The molecule has 2 saturated heterocycles. The van der Waals surface area contributed by atoms with Crippen molar-refractivity contribution in [1.82, 2.24) is 14.5 Å². The number of benzene rings is 1. The Labute approximate surface area is 151 Å². The van der Waals surface area contributed by atoms with Crippen LogP contribution in [0.15, 0.2) is 35.3 Å². The molecule has 0 aliphatic carbocycles. The predicted octanol–water partition coefficient (Wildman–Crippen LogP) is 1.26. The van der Waals surface area contributed by atoms with Crippen LogP contribution in [0, 0.1) is 0 Å². The third-order valence-electron chi connectivity index (χ3n) is 5.30. The zero-order chi connectivity index (χ0) is 17.9. The SMILES string of the molecule is CN=C(NCCN1CCCS1(=O)=O)N1CCC(C)(c2ccccc2)C1. The molecule has 25 heavy (non-hydrogen) atoms. The van der Waals surface area contributed by atoms with Crippen molar-refractivity contribution in [3.05, 3.63) is 35.9 Å². The smallest absolute Gasteiger partial charge is 0.214 e. The Bertz CT molecular complexity index is 720. The zero-order valence-corrected chi connectivity index (χ0v) is 15.9. The summed E-state index contributed by atoms with van der Waals surface area (Å²) in [5.74, 6) is 1.14. The number of hydrogen-bond donors (Lipinski definition) is 1. The normalized spacial score (nSPS) is 27.0. The summed E-state index contributed by atoms with van der Waals surface area (Å²) in [5.41, 5.74) is 1.48. The van der Waals surface area contributed by atoms with Crippen LogP contribution in [0.3, 0.4) is 0 Å². The monoisotopic (exact) mass is 364 g/mol. The average Bonchev–Trinajstić information content (AvgIpc) is 3.16. The number of rotatable bonds is 4. The third kappa shape index (κ3) is 3.98. The highest BCUT2D eigenvalue weighted by atomic mass is 32.2. The predicted molar refractivity (Wildman–Crippen MR) is 101 cm³/mol. The molecule has 1 unspecified atom stereocenters. The zero-order valence-electron chi connectivity index (χ0n) is 15.1. The van der Waals surface area contributed by atoms with Crippen LogP contribution in [0.25, 0.3) is 0 Å². The van der Waals surface area contributed by atoms with Crippen LogP contribution in [0.4, 0.5) is 0 Å². The second kappa shape index (κ2) is 7.33. The standard InChI is InChI=1S/C18H28N4O2S/c1-18(16-7-4-3-5-8-16)9-12-21(15-18)17(19-2)20-10-13-22-11-6-14-25(22,23)24/h3-5,7-8H,6,9-15H2,1-2H3,(H,19,20). The topological polar surface area (TPSA) is 65.0 Å². The summed E-state index contributed by atoms with van der Waals surface area (Å²) in [7, 11) is -1.24. The molecule has 0 spiro atoms. The maximum atomic E-state index is 11.9. The van der Waals surface area contributed by atoms with Gasteiger partial charge in [0, 0.05) is 45.2 Å². The van der Waals surface area contributed by atoms with Crippen LogP contribution in [-0.2, 0) is 15.4 Å². The number of nitrogens with zero attached hydrogens (tertiary/aromatic N) is 3. The lowest BCUT2D eigenvalue weighted by Gasteiger charge is -2.27. The third-order valence-corrected chi connectivity index (χ3v) is 7.26. The summed E-state index contributed by atoms with van der Waals surface area (Å²) < 4.78 is 25.3. The van der Waals surface area contributed by atoms with Crippen LogP contribution < -0.4 is 5.32 Å². The molecule has 2 aliphatic rings. The number of sulfonamides is 1. The van der Waals surface area contributed by atoms with Gasteiger partial charge in [0.2, 0.25) is 10.0 Å². The fraction of sp³-hybridized carbons (Fsp3) is 0.611. The number of guanidine groups is 1. The lowest BCUT2D eigenvalue weighted by Crippen LogP contribution is -2.44. The largest absolute Gasteiger partial charge is 0.355 e. The molecule has 2 heterocycles.